The number of para-hydroxylation sites is 3. The lowest BCUT2D eigenvalue weighted by Crippen LogP contribution is -2.28. The largest absolute Gasteiger partial charge is 0.341 e. The van der Waals surface area contributed by atoms with Crippen molar-refractivity contribution in [3.8, 4) is 22.3 Å². The average molecular weight is 763 g/mol. The van der Waals surface area contributed by atoms with Crippen molar-refractivity contribution in [1.82, 2.24) is 0 Å². The van der Waals surface area contributed by atoms with Crippen LogP contribution in [0, 0.1) is 0 Å². The average Bonchev–Trinajstić information content (AvgIpc) is 3.67. The molecule has 288 valence electrons. The van der Waals surface area contributed by atoms with E-state index in [1.807, 2.05) is 0 Å². The topological polar surface area (TPSA) is 6.48 Å². The minimum absolute atomic E-state index is 0.0517. The van der Waals surface area contributed by atoms with E-state index in [0.29, 0.717) is 0 Å². The van der Waals surface area contributed by atoms with Crippen LogP contribution in [0.5, 0.6) is 0 Å². The zero-order valence-electron chi connectivity index (χ0n) is 34.3. The Kier molecular flexibility index (Phi) is 7.80. The van der Waals surface area contributed by atoms with Crippen molar-refractivity contribution < 1.29 is 0 Å². The summed E-state index contributed by atoms with van der Waals surface area (Å²) in [6, 6.07) is 55.9. The summed E-state index contributed by atoms with van der Waals surface area (Å²) in [5.41, 5.74) is 24.8. The molecule has 1 fully saturated rings. The first kappa shape index (κ1) is 34.9. The second kappa shape index (κ2) is 13.2. The van der Waals surface area contributed by atoms with E-state index in [0.717, 1.165) is 19.4 Å². The molecule has 12 rings (SSSR count). The Morgan fingerprint density at radius 1 is 0.458 bits per heavy atom. The molecular formula is C57H50N2. The molecule has 1 saturated carbocycles. The lowest BCUT2D eigenvalue weighted by atomic mass is 9.67. The van der Waals surface area contributed by atoms with E-state index >= 15 is 0 Å². The van der Waals surface area contributed by atoms with E-state index in [9.17, 15) is 0 Å². The van der Waals surface area contributed by atoms with Gasteiger partial charge in [-0.15, -0.1) is 0 Å². The number of hydrogen-bond donors (Lipinski definition) is 0. The van der Waals surface area contributed by atoms with Crippen LogP contribution in [-0.2, 0) is 23.7 Å². The van der Waals surface area contributed by atoms with E-state index in [1.54, 1.807) is 0 Å². The smallest absolute Gasteiger partial charge is 0.0497 e. The van der Waals surface area contributed by atoms with Crippen LogP contribution in [0.15, 0.2) is 146 Å². The van der Waals surface area contributed by atoms with Gasteiger partial charge in [0.1, 0.15) is 0 Å². The number of hydrogen-bond acceptors (Lipinski definition) is 2. The Bertz CT molecular complexity index is 2820. The standard InChI is InChI=1S/C57H50N2/c1-56(2)49-33-38(22-26-45(49)46-28-24-43(36-50(46)56)58-32-12-16-40-13-4-7-17-53(40)58)20-21-39-23-27-47-48-29-25-44(37-52(48)57(51(47)34-39)30-10-3-11-31-57)59-54-18-8-5-14-41(54)35-42-15-6-9-19-55(42)59/h4-9,13-15,17-29,33-34,36-37H,3,10-12,16,30-32,35H2,1-2H3. The molecule has 2 aliphatic heterocycles. The molecule has 2 heterocycles. The number of benzene rings is 7. The van der Waals surface area contributed by atoms with Gasteiger partial charge in [0.05, 0.1) is 0 Å². The van der Waals surface area contributed by atoms with E-state index in [2.05, 4.69) is 181 Å². The number of nitrogens with zero attached hydrogens (tertiary/aromatic N) is 2. The van der Waals surface area contributed by atoms with Crippen LogP contribution < -0.4 is 9.80 Å². The third-order valence-electron chi connectivity index (χ3n) is 14.8. The SMILES string of the molecule is CC1(C)c2cc(C=Cc3ccc4c(c3)C3(CCCCC3)c3cc(N5c6ccccc6Cc6ccccc65)ccc3-4)ccc2-c2ccc(N3CCCc4ccccc43)cc21. The highest BCUT2D eigenvalue weighted by Crippen LogP contribution is 2.58. The monoisotopic (exact) mass is 762 g/mol. The fourth-order valence-electron chi connectivity index (χ4n) is 11.8. The number of rotatable bonds is 4. The van der Waals surface area contributed by atoms with Crippen molar-refractivity contribution in [2.75, 3.05) is 16.3 Å². The van der Waals surface area contributed by atoms with Gasteiger partial charge in [-0.1, -0.05) is 148 Å². The second-order valence-corrected chi connectivity index (χ2v) is 18.3. The van der Waals surface area contributed by atoms with E-state index in [4.69, 9.17) is 0 Å². The molecule has 0 N–H and O–H groups in total. The van der Waals surface area contributed by atoms with Crippen LogP contribution in [0.1, 0.15) is 102 Å². The first-order chi connectivity index (χ1) is 29.0. The second-order valence-electron chi connectivity index (χ2n) is 18.3. The van der Waals surface area contributed by atoms with Gasteiger partial charge in [-0.25, -0.2) is 0 Å². The molecule has 0 atom stereocenters. The maximum absolute atomic E-state index is 2.56. The summed E-state index contributed by atoms with van der Waals surface area (Å²) in [5, 5.41) is 0. The molecule has 2 heteroatoms. The van der Waals surface area contributed by atoms with Crippen molar-refractivity contribution in [2.24, 2.45) is 0 Å². The van der Waals surface area contributed by atoms with Crippen molar-refractivity contribution in [3.05, 3.63) is 196 Å². The summed E-state index contributed by atoms with van der Waals surface area (Å²) in [4.78, 5) is 5.05. The number of aryl methyl sites for hydroxylation is 1. The zero-order valence-corrected chi connectivity index (χ0v) is 34.3. The molecule has 59 heavy (non-hydrogen) atoms. The third kappa shape index (κ3) is 5.31. The summed E-state index contributed by atoms with van der Waals surface area (Å²) in [7, 11) is 0. The molecule has 2 nitrogen and oxygen atoms in total. The molecule has 0 aromatic heterocycles. The number of anilines is 5. The van der Waals surface area contributed by atoms with Gasteiger partial charge in [0.2, 0.25) is 0 Å². The van der Waals surface area contributed by atoms with Gasteiger partial charge in [-0.2, -0.15) is 0 Å². The van der Waals surface area contributed by atoms with Crippen LogP contribution in [0.25, 0.3) is 34.4 Å². The van der Waals surface area contributed by atoms with E-state index in [-0.39, 0.29) is 10.8 Å². The predicted molar refractivity (Wildman–Crippen MR) is 248 cm³/mol. The fraction of sp³-hybridized carbons (Fsp3) is 0.228. The molecular weight excluding hydrogens is 713 g/mol. The van der Waals surface area contributed by atoms with Crippen molar-refractivity contribution in [3.63, 3.8) is 0 Å². The quantitative estimate of drug-likeness (QED) is 0.165. The van der Waals surface area contributed by atoms with Crippen LogP contribution in [0.3, 0.4) is 0 Å². The highest BCUT2D eigenvalue weighted by Gasteiger charge is 2.44. The summed E-state index contributed by atoms with van der Waals surface area (Å²) < 4.78 is 0. The molecule has 0 bridgehead atoms. The maximum Gasteiger partial charge on any atom is 0.0497 e. The number of fused-ring (bicyclic) bond motifs is 11. The lowest BCUT2D eigenvalue weighted by molar-refractivity contribution is 0.353. The summed E-state index contributed by atoms with van der Waals surface area (Å²) in [6.45, 7) is 5.89. The van der Waals surface area contributed by atoms with Crippen molar-refractivity contribution in [1.29, 1.82) is 0 Å². The summed E-state index contributed by atoms with van der Waals surface area (Å²) in [5.74, 6) is 0. The molecule has 7 aromatic carbocycles. The highest BCUT2D eigenvalue weighted by atomic mass is 15.2. The van der Waals surface area contributed by atoms with Gasteiger partial charge >= 0.3 is 0 Å². The Morgan fingerprint density at radius 3 is 1.64 bits per heavy atom. The van der Waals surface area contributed by atoms with E-state index < -0.39 is 0 Å². The molecule has 5 aliphatic rings. The predicted octanol–water partition coefficient (Wildman–Crippen LogP) is 14.9. The third-order valence-corrected chi connectivity index (χ3v) is 14.8. The molecule has 1 spiro atoms. The Hall–Kier alpha value is -6.12. The van der Waals surface area contributed by atoms with Crippen LogP contribution >= 0.6 is 0 Å². The molecule has 0 radical (unpaired) electrons. The van der Waals surface area contributed by atoms with Gasteiger partial charge in [0, 0.05) is 52.2 Å². The summed E-state index contributed by atoms with van der Waals surface area (Å²) in [6.07, 6.45) is 14.3. The van der Waals surface area contributed by atoms with Crippen LogP contribution in [0.2, 0.25) is 0 Å². The van der Waals surface area contributed by atoms with Crippen LogP contribution in [0.4, 0.5) is 28.4 Å². The van der Waals surface area contributed by atoms with Gasteiger partial charge in [0.15, 0.2) is 0 Å². The fourth-order valence-corrected chi connectivity index (χ4v) is 11.8. The Balaban J connectivity index is 0.870. The van der Waals surface area contributed by atoms with Gasteiger partial charge in [-0.05, 0) is 140 Å². The lowest BCUT2D eigenvalue weighted by Gasteiger charge is -2.37. The molecule has 0 amide bonds. The highest BCUT2D eigenvalue weighted by molar-refractivity contribution is 5.90. The van der Waals surface area contributed by atoms with Crippen molar-refractivity contribution >= 4 is 40.6 Å². The normalized spacial score (nSPS) is 17.5. The van der Waals surface area contributed by atoms with Gasteiger partial charge in [-0.3, -0.25) is 0 Å². The first-order valence-corrected chi connectivity index (χ1v) is 22.0. The van der Waals surface area contributed by atoms with Crippen molar-refractivity contribution in [2.45, 2.75) is 76.0 Å². The Labute approximate surface area is 349 Å². The molecule has 7 aromatic rings. The maximum atomic E-state index is 2.56. The molecule has 3 aliphatic carbocycles. The Morgan fingerprint density at radius 2 is 0.966 bits per heavy atom. The van der Waals surface area contributed by atoms with E-state index in [1.165, 1.54) is 139 Å². The molecule has 0 saturated heterocycles. The van der Waals surface area contributed by atoms with Gasteiger partial charge < -0.3 is 9.80 Å². The van der Waals surface area contributed by atoms with Crippen LogP contribution in [-0.4, -0.2) is 6.54 Å². The minimum Gasteiger partial charge on any atom is -0.341 e. The zero-order chi connectivity index (χ0) is 39.3. The van der Waals surface area contributed by atoms with Gasteiger partial charge in [0.25, 0.3) is 0 Å². The molecule has 0 unspecified atom stereocenters. The minimum atomic E-state index is -0.0796. The first-order valence-electron chi connectivity index (χ1n) is 22.0. The summed E-state index contributed by atoms with van der Waals surface area (Å²) >= 11 is 0.